The number of nitrogens with zero attached hydrogens (tertiary/aromatic N) is 3. The van der Waals surface area contributed by atoms with Crippen LogP contribution in [-0.2, 0) is 39.9 Å². The fraction of sp³-hybridized carbons (Fsp3) is 0.706. The van der Waals surface area contributed by atoms with Gasteiger partial charge in [0.25, 0.3) is 0 Å². The van der Waals surface area contributed by atoms with Crippen molar-refractivity contribution in [2.24, 2.45) is 17.8 Å². The molecule has 15 nitrogen and oxygen atoms in total. The molecule has 9 unspecified atom stereocenters. The molecule has 374 valence electrons. The zero-order chi connectivity index (χ0) is 49.9. The van der Waals surface area contributed by atoms with Gasteiger partial charge < -0.3 is 39.8 Å². The van der Waals surface area contributed by atoms with Crippen molar-refractivity contribution >= 4 is 35.4 Å². The summed E-state index contributed by atoms with van der Waals surface area (Å²) < 4.78 is 17.3. The summed E-state index contributed by atoms with van der Waals surface area (Å²) in [6.45, 7) is 21.8. The van der Waals surface area contributed by atoms with Gasteiger partial charge in [-0.2, -0.15) is 0 Å². The Morgan fingerprint density at radius 3 is 2.18 bits per heavy atom. The van der Waals surface area contributed by atoms with Gasteiger partial charge in [-0.15, -0.1) is 0 Å². The monoisotopic (exact) mass is 927 g/mol. The molecule has 1 fully saturated rings. The first-order valence-corrected chi connectivity index (χ1v) is 24.1. The van der Waals surface area contributed by atoms with Crippen LogP contribution < -0.4 is 16.0 Å². The summed E-state index contributed by atoms with van der Waals surface area (Å²) in [6, 6.07) is 5.43. The highest BCUT2D eigenvalue weighted by Crippen LogP contribution is 2.30. The van der Waals surface area contributed by atoms with Crippen LogP contribution in [0.2, 0.25) is 0 Å². The number of likely N-dealkylation sites (tertiary alicyclic amines) is 1. The van der Waals surface area contributed by atoms with Gasteiger partial charge in [-0.05, 0) is 95.5 Å². The number of methoxy groups -OCH3 is 2. The van der Waals surface area contributed by atoms with Crippen molar-refractivity contribution in [1.29, 1.82) is 0 Å². The lowest BCUT2D eigenvalue weighted by molar-refractivity contribution is -0.146. The maximum absolute atomic E-state index is 14.2. The number of hydrogen-bond acceptors (Lipinski definition) is 10. The number of anilines is 1. The number of carbonyl (C=O) groups is 5. The van der Waals surface area contributed by atoms with E-state index in [0.717, 1.165) is 30.4 Å². The highest BCUT2D eigenvalue weighted by atomic mass is 16.6. The number of rotatable bonds is 22. The molecule has 3 rings (SSSR count). The Morgan fingerprint density at radius 1 is 0.955 bits per heavy atom. The molecule has 66 heavy (non-hydrogen) atoms. The Bertz CT molecular complexity index is 1760. The van der Waals surface area contributed by atoms with Crippen LogP contribution in [-0.4, -0.2) is 139 Å². The Balaban J connectivity index is 0.00000485. The Morgan fingerprint density at radius 2 is 1.62 bits per heavy atom. The van der Waals surface area contributed by atoms with Crippen molar-refractivity contribution in [2.75, 3.05) is 46.7 Å². The van der Waals surface area contributed by atoms with E-state index in [0.29, 0.717) is 31.6 Å². The summed E-state index contributed by atoms with van der Waals surface area (Å²) in [7, 11) is 6.63. The van der Waals surface area contributed by atoms with Crippen LogP contribution in [0.3, 0.4) is 0 Å². The van der Waals surface area contributed by atoms with Crippen molar-refractivity contribution < 1.29 is 43.3 Å². The van der Waals surface area contributed by atoms with Crippen molar-refractivity contribution in [2.45, 2.75) is 176 Å². The van der Waals surface area contributed by atoms with Gasteiger partial charge in [0.1, 0.15) is 5.60 Å². The minimum absolute atomic E-state index is 0.00354. The third kappa shape index (κ3) is 17.7. The van der Waals surface area contributed by atoms with E-state index in [1.54, 1.807) is 71.8 Å². The SMILES string of the molecule is CCC.CCC(C)C(C(CC(=O)N1CCCC1C(OC)C(C)C(=O)NC(C)C(O)C1=CCCC=C1)OC)N(C)C(=O)CNC(=O)C(C(C)C)N(C)Cc1cccc(NC(=O)OC(C)(C)C)c1. The van der Waals surface area contributed by atoms with E-state index in [9.17, 15) is 29.1 Å². The lowest BCUT2D eigenvalue weighted by Gasteiger charge is -2.39. The summed E-state index contributed by atoms with van der Waals surface area (Å²) in [5, 5.41) is 19.5. The van der Waals surface area contributed by atoms with Gasteiger partial charge in [0.05, 0.1) is 61.4 Å². The molecular formula is C51H86N6O9. The van der Waals surface area contributed by atoms with E-state index >= 15 is 0 Å². The summed E-state index contributed by atoms with van der Waals surface area (Å²) in [5.41, 5.74) is 1.60. The number of benzene rings is 1. The predicted molar refractivity (Wildman–Crippen MR) is 262 cm³/mol. The molecule has 1 saturated heterocycles. The van der Waals surface area contributed by atoms with Crippen molar-refractivity contribution in [3.63, 3.8) is 0 Å². The highest BCUT2D eigenvalue weighted by Gasteiger charge is 2.42. The third-order valence-electron chi connectivity index (χ3n) is 12.3. The van der Waals surface area contributed by atoms with Gasteiger partial charge in [-0.1, -0.05) is 91.7 Å². The highest BCUT2D eigenvalue weighted by molar-refractivity contribution is 5.88. The molecule has 5 amide bonds. The van der Waals surface area contributed by atoms with Gasteiger partial charge in [0.2, 0.25) is 23.6 Å². The molecule has 0 saturated carbocycles. The van der Waals surface area contributed by atoms with Gasteiger partial charge in [0, 0.05) is 40.0 Å². The third-order valence-corrected chi connectivity index (χ3v) is 12.3. The second-order valence-corrected chi connectivity index (χ2v) is 19.4. The Labute approximate surface area is 396 Å². The van der Waals surface area contributed by atoms with Gasteiger partial charge in [-0.25, -0.2) is 4.79 Å². The largest absolute Gasteiger partial charge is 0.444 e. The van der Waals surface area contributed by atoms with Crippen LogP contribution in [0.15, 0.2) is 48.1 Å². The Kier molecular flexibility index (Phi) is 24.6. The molecule has 15 heteroatoms. The molecule has 1 aromatic rings. The second kappa shape index (κ2) is 28.1. The zero-order valence-electron chi connectivity index (χ0n) is 42.9. The number of carbonyl (C=O) groups excluding carboxylic acids is 5. The van der Waals surface area contributed by atoms with Gasteiger partial charge in [0.15, 0.2) is 0 Å². The second-order valence-electron chi connectivity index (χ2n) is 19.4. The molecule has 4 N–H and O–H groups in total. The van der Waals surface area contributed by atoms with Gasteiger partial charge in [-0.3, -0.25) is 29.4 Å². The fourth-order valence-electron chi connectivity index (χ4n) is 8.86. The lowest BCUT2D eigenvalue weighted by atomic mass is 9.90. The molecule has 0 radical (unpaired) electrons. The molecule has 1 aliphatic carbocycles. The summed E-state index contributed by atoms with van der Waals surface area (Å²) >= 11 is 0. The van der Waals surface area contributed by atoms with Gasteiger partial charge >= 0.3 is 6.09 Å². The van der Waals surface area contributed by atoms with E-state index in [2.05, 4.69) is 29.8 Å². The summed E-state index contributed by atoms with van der Waals surface area (Å²) in [6.07, 6.45) is 8.40. The maximum atomic E-state index is 14.2. The van der Waals surface area contributed by atoms with Crippen molar-refractivity contribution in [3.05, 3.63) is 53.6 Å². The van der Waals surface area contributed by atoms with Crippen LogP contribution in [0.4, 0.5) is 10.5 Å². The molecular weight excluding hydrogens is 841 g/mol. The molecule has 1 aliphatic heterocycles. The molecule has 1 aromatic carbocycles. The average molecular weight is 927 g/mol. The molecule has 0 bridgehead atoms. The first kappa shape index (κ1) is 57.8. The number of amides is 5. The minimum atomic E-state index is -0.842. The number of ether oxygens (including phenoxy) is 3. The number of likely N-dealkylation sites (N-methyl/N-ethyl adjacent to an activating group) is 2. The number of hydrogen-bond donors (Lipinski definition) is 4. The van der Waals surface area contributed by atoms with Crippen LogP contribution in [0.5, 0.6) is 0 Å². The summed E-state index contributed by atoms with van der Waals surface area (Å²) in [5.74, 6) is -1.79. The zero-order valence-corrected chi connectivity index (χ0v) is 42.9. The average Bonchev–Trinajstić information content (AvgIpc) is 3.74. The lowest BCUT2D eigenvalue weighted by Crippen LogP contribution is -2.55. The van der Waals surface area contributed by atoms with Crippen LogP contribution in [0.1, 0.15) is 127 Å². The first-order valence-electron chi connectivity index (χ1n) is 24.1. The van der Waals surface area contributed by atoms with E-state index in [-0.39, 0.29) is 54.5 Å². The minimum Gasteiger partial charge on any atom is -0.444 e. The van der Waals surface area contributed by atoms with E-state index in [1.165, 1.54) is 6.42 Å². The van der Waals surface area contributed by atoms with E-state index in [4.69, 9.17) is 14.2 Å². The predicted octanol–water partition coefficient (Wildman–Crippen LogP) is 7.08. The van der Waals surface area contributed by atoms with Crippen LogP contribution in [0.25, 0.3) is 0 Å². The molecule has 1 heterocycles. The van der Waals surface area contributed by atoms with Crippen LogP contribution in [0, 0.1) is 17.8 Å². The molecule has 2 aliphatic rings. The van der Waals surface area contributed by atoms with E-state index < -0.39 is 54.0 Å². The maximum Gasteiger partial charge on any atom is 0.412 e. The number of aliphatic hydroxyl groups is 1. The smallest absolute Gasteiger partial charge is 0.412 e. The molecule has 0 aromatic heterocycles. The van der Waals surface area contributed by atoms with Crippen LogP contribution >= 0.6 is 0 Å². The molecule has 0 spiro atoms. The quantitative estimate of drug-likeness (QED) is 0.0939. The Hall–Kier alpha value is -4.31. The number of nitrogens with one attached hydrogen (secondary N) is 3. The number of aliphatic hydroxyl groups excluding tert-OH is 1. The molecule has 9 atom stereocenters. The summed E-state index contributed by atoms with van der Waals surface area (Å²) in [4.78, 5) is 73.0. The van der Waals surface area contributed by atoms with E-state index in [1.807, 2.05) is 76.1 Å². The fourth-order valence-corrected chi connectivity index (χ4v) is 8.86. The number of allylic oxidation sites excluding steroid dienone is 2. The van der Waals surface area contributed by atoms with Crippen molar-refractivity contribution in [1.82, 2.24) is 25.3 Å². The van der Waals surface area contributed by atoms with Crippen molar-refractivity contribution in [3.8, 4) is 0 Å². The standard InChI is InChI=1S/C48H78N6O9.C3H8/c1-14-31(4)42(53(11)40(56)28-49-46(59)41(30(2)3)52(10)29-34-20-18-23-36(26-34)51-47(60)63-48(7,8)9)38(61-12)27-39(55)54-25-19-24-37(54)44(62-13)32(5)45(58)50-33(6)43(57)35-21-16-15-17-22-35;1-3-2/h16,18,20-23,26,30-33,37-38,41-44,57H,14-15,17,19,24-25,27-29H2,1-13H3,(H,49,59)(H,50,58)(H,51,60);3H2,1-2H3. The normalized spacial score (nSPS) is 18.7. The first-order chi connectivity index (χ1) is 31.0. The topological polar surface area (TPSA) is 179 Å².